The molecule has 0 unspecified atom stereocenters. The topological polar surface area (TPSA) is 89.3 Å². The lowest BCUT2D eigenvalue weighted by Crippen LogP contribution is -2.52. The van der Waals surface area contributed by atoms with Gasteiger partial charge in [0.15, 0.2) is 0 Å². The van der Waals surface area contributed by atoms with Gasteiger partial charge in [-0.3, -0.25) is 9.88 Å². The number of hydrogen-bond acceptors (Lipinski definition) is 6. The zero-order valence-corrected chi connectivity index (χ0v) is 21.4. The van der Waals surface area contributed by atoms with Crippen molar-refractivity contribution in [3.8, 4) is 6.07 Å². The third-order valence-corrected chi connectivity index (χ3v) is 8.07. The molecular weight excluding hydrogens is 505 g/mol. The zero-order chi connectivity index (χ0) is 25.0. The molecule has 2 heterocycles. The van der Waals surface area contributed by atoms with Gasteiger partial charge >= 0.3 is 0 Å². The van der Waals surface area contributed by atoms with E-state index in [1.807, 2.05) is 37.3 Å². The summed E-state index contributed by atoms with van der Waals surface area (Å²) in [5, 5.41) is 10.4. The molecule has 4 rings (SSSR count). The Morgan fingerprint density at radius 2 is 1.94 bits per heavy atom. The maximum Gasteiger partial charge on any atom is 0.242 e. The summed E-state index contributed by atoms with van der Waals surface area (Å²) < 4.78 is 28.2. The van der Waals surface area contributed by atoms with Crippen LogP contribution in [-0.2, 0) is 10.0 Å². The number of anilines is 1. The van der Waals surface area contributed by atoms with E-state index in [0.29, 0.717) is 35.2 Å². The number of nitrogens with zero attached hydrogens (tertiary/aromatic N) is 4. The van der Waals surface area contributed by atoms with Crippen molar-refractivity contribution in [3.05, 3.63) is 88.2 Å². The van der Waals surface area contributed by atoms with Crippen molar-refractivity contribution in [2.24, 2.45) is 0 Å². The quantitative estimate of drug-likeness (QED) is 0.484. The van der Waals surface area contributed by atoms with Gasteiger partial charge < -0.3 is 4.90 Å². The molecular formula is C25H25Cl2N5O2S. The molecule has 1 aliphatic rings. The monoisotopic (exact) mass is 529 g/mol. The Morgan fingerprint density at radius 3 is 2.60 bits per heavy atom. The SMILES string of the molecule is C[C@@H](CN1CCN(c2ccc(C#N)cc2Cl)[C@H](c2ccc(Cl)cc2)C1)NS(=O)(=O)c1cccnc1. The van der Waals surface area contributed by atoms with Crippen molar-refractivity contribution >= 4 is 38.9 Å². The Labute approximate surface area is 216 Å². The van der Waals surface area contributed by atoms with Gasteiger partial charge in [-0.1, -0.05) is 35.3 Å². The first-order valence-electron chi connectivity index (χ1n) is 11.1. The molecule has 2 atom stereocenters. The summed E-state index contributed by atoms with van der Waals surface area (Å²) in [6, 6.07) is 17.9. The normalized spacial score (nSPS) is 17.7. The Hall–Kier alpha value is -2.67. The molecule has 1 N–H and O–H groups in total. The predicted molar refractivity (Wildman–Crippen MR) is 138 cm³/mol. The highest BCUT2D eigenvalue weighted by atomic mass is 35.5. The van der Waals surface area contributed by atoms with E-state index in [2.05, 4.69) is 25.6 Å². The van der Waals surface area contributed by atoms with Gasteiger partial charge in [-0.05, 0) is 55.0 Å². The Morgan fingerprint density at radius 1 is 1.17 bits per heavy atom. The standard InChI is InChI=1S/C25H25Cl2N5O2S/c1-18(30-35(33,34)22-3-2-10-29-15-22)16-31-11-12-32(24-9-4-19(14-28)13-23(24)27)25(17-31)20-5-7-21(26)8-6-20/h2-10,13,15,18,25,30H,11-12,16-17H2,1H3/t18-,25-/m0/s1. The number of nitriles is 1. The molecule has 3 aromatic rings. The molecule has 1 saturated heterocycles. The van der Waals surface area contributed by atoms with Gasteiger partial charge in [-0.25, -0.2) is 13.1 Å². The molecule has 7 nitrogen and oxygen atoms in total. The second-order valence-electron chi connectivity index (χ2n) is 8.51. The van der Waals surface area contributed by atoms with E-state index < -0.39 is 10.0 Å². The van der Waals surface area contributed by atoms with Crippen LogP contribution < -0.4 is 9.62 Å². The van der Waals surface area contributed by atoms with E-state index in [4.69, 9.17) is 23.2 Å². The van der Waals surface area contributed by atoms with Crippen LogP contribution in [0, 0.1) is 11.3 Å². The number of nitrogens with one attached hydrogen (secondary N) is 1. The number of aromatic nitrogens is 1. The molecule has 1 aliphatic heterocycles. The van der Waals surface area contributed by atoms with E-state index in [-0.39, 0.29) is 17.0 Å². The minimum absolute atomic E-state index is 0.0337. The number of benzene rings is 2. The molecule has 1 fully saturated rings. The lowest BCUT2D eigenvalue weighted by molar-refractivity contribution is 0.211. The van der Waals surface area contributed by atoms with Crippen LogP contribution in [0.5, 0.6) is 0 Å². The summed E-state index contributed by atoms with van der Waals surface area (Å²) in [4.78, 5) is 8.52. The third kappa shape index (κ3) is 6.13. The fourth-order valence-electron chi connectivity index (χ4n) is 4.34. The van der Waals surface area contributed by atoms with Crippen LogP contribution in [0.2, 0.25) is 10.0 Å². The van der Waals surface area contributed by atoms with Crippen LogP contribution in [-0.4, -0.2) is 50.5 Å². The van der Waals surface area contributed by atoms with E-state index in [9.17, 15) is 13.7 Å². The molecule has 0 spiro atoms. The smallest absolute Gasteiger partial charge is 0.242 e. The van der Waals surface area contributed by atoms with Crippen molar-refractivity contribution in [1.29, 1.82) is 5.26 Å². The lowest BCUT2D eigenvalue weighted by atomic mass is 10.0. The maximum absolute atomic E-state index is 12.7. The Bertz CT molecular complexity index is 1310. The summed E-state index contributed by atoms with van der Waals surface area (Å²) in [6.45, 7) is 4.46. The third-order valence-electron chi connectivity index (χ3n) is 5.94. The first-order valence-corrected chi connectivity index (χ1v) is 13.4. The van der Waals surface area contributed by atoms with E-state index >= 15 is 0 Å². The van der Waals surface area contributed by atoms with Gasteiger partial charge in [0.1, 0.15) is 4.90 Å². The first-order chi connectivity index (χ1) is 16.8. The maximum atomic E-state index is 12.7. The molecule has 1 aromatic heterocycles. The minimum Gasteiger partial charge on any atom is -0.361 e. The van der Waals surface area contributed by atoms with Gasteiger partial charge in [0.05, 0.1) is 28.4 Å². The van der Waals surface area contributed by atoms with Crippen LogP contribution in [0.15, 0.2) is 71.9 Å². The zero-order valence-electron chi connectivity index (χ0n) is 19.1. The van der Waals surface area contributed by atoms with Crippen LogP contribution in [0.25, 0.3) is 0 Å². The van der Waals surface area contributed by atoms with Gasteiger partial charge in [-0.2, -0.15) is 5.26 Å². The number of piperazine rings is 1. The van der Waals surface area contributed by atoms with E-state index in [0.717, 1.165) is 17.8 Å². The Balaban J connectivity index is 1.53. The van der Waals surface area contributed by atoms with Crippen LogP contribution in [0.1, 0.15) is 24.1 Å². The molecule has 0 saturated carbocycles. The largest absolute Gasteiger partial charge is 0.361 e. The molecule has 0 amide bonds. The molecule has 2 aromatic carbocycles. The summed E-state index contributed by atoms with van der Waals surface area (Å²) in [7, 11) is -3.65. The molecule has 0 aliphatic carbocycles. The van der Waals surface area contributed by atoms with Crippen LogP contribution >= 0.6 is 23.2 Å². The number of sulfonamides is 1. The average molecular weight is 530 g/mol. The van der Waals surface area contributed by atoms with Crippen molar-refractivity contribution < 1.29 is 8.42 Å². The van der Waals surface area contributed by atoms with Crippen LogP contribution in [0.3, 0.4) is 0 Å². The molecule has 182 valence electrons. The summed E-state index contributed by atoms with van der Waals surface area (Å²) >= 11 is 12.7. The van der Waals surface area contributed by atoms with E-state index in [1.54, 1.807) is 24.4 Å². The molecule has 0 bridgehead atoms. The van der Waals surface area contributed by atoms with Crippen molar-refractivity contribution in [1.82, 2.24) is 14.6 Å². The fourth-order valence-corrected chi connectivity index (χ4v) is 5.95. The van der Waals surface area contributed by atoms with Crippen molar-refractivity contribution in [3.63, 3.8) is 0 Å². The highest BCUT2D eigenvalue weighted by Gasteiger charge is 2.31. The van der Waals surface area contributed by atoms with Gasteiger partial charge in [0, 0.05) is 49.6 Å². The average Bonchev–Trinajstić information content (AvgIpc) is 2.85. The highest BCUT2D eigenvalue weighted by Crippen LogP contribution is 2.36. The summed E-state index contributed by atoms with van der Waals surface area (Å²) in [5.74, 6) is 0. The molecule has 0 radical (unpaired) electrons. The van der Waals surface area contributed by atoms with Gasteiger partial charge in [-0.15, -0.1) is 0 Å². The predicted octanol–water partition coefficient (Wildman–Crippen LogP) is 4.49. The van der Waals surface area contributed by atoms with Crippen molar-refractivity contribution in [2.75, 3.05) is 31.1 Å². The second kappa shape index (κ2) is 10.9. The lowest BCUT2D eigenvalue weighted by Gasteiger charge is -2.44. The number of rotatable bonds is 7. The number of pyridine rings is 1. The summed E-state index contributed by atoms with van der Waals surface area (Å²) in [5.41, 5.74) is 2.44. The minimum atomic E-state index is -3.65. The second-order valence-corrected chi connectivity index (χ2v) is 11.1. The fraction of sp³-hybridized carbons (Fsp3) is 0.280. The van der Waals surface area contributed by atoms with E-state index in [1.165, 1.54) is 12.3 Å². The number of hydrogen-bond donors (Lipinski definition) is 1. The first kappa shape index (κ1) is 25.4. The van der Waals surface area contributed by atoms with Crippen molar-refractivity contribution in [2.45, 2.75) is 23.9 Å². The van der Waals surface area contributed by atoms with Gasteiger partial charge in [0.25, 0.3) is 0 Å². The number of halogens is 2. The summed E-state index contributed by atoms with van der Waals surface area (Å²) in [6.07, 6.45) is 2.88. The highest BCUT2D eigenvalue weighted by molar-refractivity contribution is 7.89. The van der Waals surface area contributed by atoms with Crippen LogP contribution in [0.4, 0.5) is 5.69 Å². The van der Waals surface area contributed by atoms with Gasteiger partial charge in [0.2, 0.25) is 10.0 Å². The molecule has 35 heavy (non-hydrogen) atoms. The molecule has 10 heteroatoms. The Kier molecular flexibility index (Phi) is 7.95.